The Bertz CT molecular complexity index is 740. The smallest absolute Gasteiger partial charge is 0.227 e. The molecule has 1 N–H and O–H groups in total. The van der Waals surface area contributed by atoms with Crippen LogP contribution >= 0.6 is 0 Å². The molecule has 2 aromatic rings. The van der Waals surface area contributed by atoms with E-state index in [-0.39, 0.29) is 37.9 Å². The summed E-state index contributed by atoms with van der Waals surface area (Å²) in [6.45, 7) is 0.919. The van der Waals surface area contributed by atoms with Gasteiger partial charge in [-0.1, -0.05) is 30.3 Å². The number of nitrogens with zero attached hydrogens (tertiary/aromatic N) is 1. The first-order valence-electron chi connectivity index (χ1n) is 8.54. The van der Waals surface area contributed by atoms with Crippen LogP contribution < -0.4 is 4.74 Å². The lowest BCUT2D eigenvalue weighted by molar-refractivity contribution is -0.134. The number of β-amino-alcohol motifs (C(OH)–C–C–N with tert-alkyl or cyclic N) is 1. The van der Waals surface area contributed by atoms with Gasteiger partial charge in [0.05, 0.1) is 26.2 Å². The van der Waals surface area contributed by atoms with E-state index in [4.69, 9.17) is 9.47 Å². The molecule has 0 aromatic heterocycles. The van der Waals surface area contributed by atoms with E-state index in [1.54, 1.807) is 29.2 Å². The van der Waals surface area contributed by atoms with Gasteiger partial charge in [-0.2, -0.15) is 0 Å². The SMILES string of the molecule is O=C(Cc1cccc(F)c1)N1CCOCC(O)(COc2ccccc2)C1. The standard InChI is InChI=1S/C20H22FNO4/c21-17-6-4-5-16(11-17)12-19(23)22-9-10-25-14-20(24,13-22)15-26-18-7-2-1-3-8-18/h1-8,11,24H,9-10,12-15H2. The van der Waals surface area contributed by atoms with Crippen molar-refractivity contribution in [3.8, 4) is 5.75 Å². The van der Waals surface area contributed by atoms with Gasteiger partial charge in [0.15, 0.2) is 0 Å². The number of para-hydroxylation sites is 1. The largest absolute Gasteiger partial charge is 0.490 e. The number of hydrogen-bond donors (Lipinski definition) is 1. The highest BCUT2D eigenvalue weighted by molar-refractivity contribution is 5.79. The highest BCUT2D eigenvalue weighted by Crippen LogP contribution is 2.17. The molecule has 1 unspecified atom stereocenters. The fourth-order valence-electron chi connectivity index (χ4n) is 2.88. The van der Waals surface area contributed by atoms with Crippen LogP contribution in [0.1, 0.15) is 5.56 Å². The number of ether oxygens (including phenoxy) is 2. The monoisotopic (exact) mass is 359 g/mol. The molecule has 0 saturated carbocycles. The van der Waals surface area contributed by atoms with E-state index in [1.165, 1.54) is 12.1 Å². The molecule has 1 heterocycles. The summed E-state index contributed by atoms with van der Waals surface area (Å²) in [5, 5.41) is 10.8. The predicted octanol–water partition coefficient (Wildman–Crippen LogP) is 2.04. The summed E-state index contributed by atoms with van der Waals surface area (Å²) in [5.74, 6) is 0.0873. The van der Waals surface area contributed by atoms with Crippen LogP contribution in [0.5, 0.6) is 5.75 Å². The zero-order chi connectivity index (χ0) is 18.4. The van der Waals surface area contributed by atoms with Crippen molar-refractivity contribution < 1.29 is 23.8 Å². The first kappa shape index (κ1) is 18.4. The van der Waals surface area contributed by atoms with Crippen molar-refractivity contribution in [1.29, 1.82) is 0 Å². The van der Waals surface area contributed by atoms with E-state index in [0.29, 0.717) is 24.5 Å². The molecule has 1 aliphatic rings. The maximum atomic E-state index is 13.3. The number of benzene rings is 2. The van der Waals surface area contributed by atoms with Crippen molar-refractivity contribution >= 4 is 5.91 Å². The number of amides is 1. The van der Waals surface area contributed by atoms with Gasteiger partial charge in [-0.25, -0.2) is 4.39 Å². The van der Waals surface area contributed by atoms with Crippen LogP contribution in [0.2, 0.25) is 0 Å². The van der Waals surface area contributed by atoms with E-state index < -0.39 is 5.60 Å². The van der Waals surface area contributed by atoms with Crippen molar-refractivity contribution in [2.24, 2.45) is 0 Å². The summed E-state index contributed by atoms with van der Waals surface area (Å²) in [5.41, 5.74) is -0.700. The Balaban J connectivity index is 1.63. The Hall–Kier alpha value is -2.44. The van der Waals surface area contributed by atoms with Crippen molar-refractivity contribution in [3.05, 3.63) is 66.0 Å². The molecule has 0 spiro atoms. The molecule has 1 saturated heterocycles. The van der Waals surface area contributed by atoms with Crippen LogP contribution in [0.3, 0.4) is 0 Å². The molecule has 1 amide bonds. The fourth-order valence-corrected chi connectivity index (χ4v) is 2.88. The maximum Gasteiger partial charge on any atom is 0.227 e. The van der Waals surface area contributed by atoms with Crippen LogP contribution in [0.25, 0.3) is 0 Å². The average molecular weight is 359 g/mol. The summed E-state index contributed by atoms with van der Waals surface area (Å²) in [6.07, 6.45) is 0.0768. The van der Waals surface area contributed by atoms with Gasteiger partial charge in [0, 0.05) is 6.54 Å². The molecule has 26 heavy (non-hydrogen) atoms. The third-order valence-corrected chi connectivity index (χ3v) is 4.21. The van der Waals surface area contributed by atoms with Crippen LogP contribution in [0.15, 0.2) is 54.6 Å². The van der Waals surface area contributed by atoms with Crippen molar-refractivity contribution in [3.63, 3.8) is 0 Å². The Morgan fingerprint density at radius 2 is 2.04 bits per heavy atom. The highest BCUT2D eigenvalue weighted by atomic mass is 19.1. The Kier molecular flexibility index (Phi) is 5.85. The minimum absolute atomic E-state index is 0.0146. The van der Waals surface area contributed by atoms with Gasteiger partial charge in [-0.15, -0.1) is 0 Å². The molecule has 0 bridgehead atoms. The lowest BCUT2D eigenvalue weighted by atomic mass is 10.1. The summed E-state index contributed by atoms with van der Waals surface area (Å²) >= 11 is 0. The summed E-state index contributed by atoms with van der Waals surface area (Å²) in [7, 11) is 0. The van der Waals surface area contributed by atoms with Crippen LogP contribution in [0.4, 0.5) is 4.39 Å². The number of carbonyl (C=O) groups excluding carboxylic acids is 1. The lowest BCUT2D eigenvalue weighted by Crippen LogP contribution is -2.50. The molecule has 2 aromatic carbocycles. The minimum atomic E-state index is -1.30. The number of aliphatic hydroxyl groups is 1. The number of hydrogen-bond acceptors (Lipinski definition) is 4. The first-order valence-corrected chi connectivity index (χ1v) is 8.54. The highest BCUT2D eigenvalue weighted by Gasteiger charge is 2.35. The normalized spacial score (nSPS) is 20.5. The van der Waals surface area contributed by atoms with Gasteiger partial charge in [-0.3, -0.25) is 4.79 Å². The van der Waals surface area contributed by atoms with E-state index >= 15 is 0 Å². The van der Waals surface area contributed by atoms with Gasteiger partial charge in [-0.05, 0) is 29.8 Å². The van der Waals surface area contributed by atoms with E-state index in [0.717, 1.165) is 0 Å². The predicted molar refractivity (Wildman–Crippen MR) is 94.4 cm³/mol. The summed E-state index contributed by atoms with van der Waals surface area (Å²) in [4.78, 5) is 14.1. The molecule has 0 aliphatic carbocycles. The second-order valence-electron chi connectivity index (χ2n) is 6.50. The maximum absolute atomic E-state index is 13.3. The van der Waals surface area contributed by atoms with Gasteiger partial charge < -0.3 is 19.5 Å². The van der Waals surface area contributed by atoms with Crippen molar-refractivity contribution in [2.45, 2.75) is 12.0 Å². The minimum Gasteiger partial charge on any atom is -0.490 e. The average Bonchev–Trinajstić information content (AvgIpc) is 2.83. The van der Waals surface area contributed by atoms with E-state index in [1.807, 2.05) is 18.2 Å². The molecular formula is C20H22FNO4. The van der Waals surface area contributed by atoms with Crippen molar-refractivity contribution in [1.82, 2.24) is 4.90 Å². The Morgan fingerprint density at radius 3 is 2.81 bits per heavy atom. The van der Waals surface area contributed by atoms with E-state index in [2.05, 4.69) is 0 Å². The topological polar surface area (TPSA) is 59.0 Å². The number of halogens is 1. The van der Waals surface area contributed by atoms with Gasteiger partial charge in [0.1, 0.15) is 23.8 Å². The van der Waals surface area contributed by atoms with Gasteiger partial charge >= 0.3 is 0 Å². The third kappa shape index (κ3) is 5.03. The molecule has 3 rings (SSSR count). The van der Waals surface area contributed by atoms with Gasteiger partial charge in [0.2, 0.25) is 5.91 Å². The molecule has 1 atom stereocenters. The molecule has 6 heteroatoms. The second-order valence-corrected chi connectivity index (χ2v) is 6.50. The molecule has 1 fully saturated rings. The first-order chi connectivity index (χ1) is 12.5. The molecule has 0 radical (unpaired) electrons. The number of carbonyl (C=O) groups is 1. The molecule has 5 nitrogen and oxygen atoms in total. The summed E-state index contributed by atoms with van der Waals surface area (Å²) < 4.78 is 24.4. The quantitative estimate of drug-likeness (QED) is 0.888. The van der Waals surface area contributed by atoms with Gasteiger partial charge in [0.25, 0.3) is 0 Å². The molecule has 138 valence electrons. The second kappa shape index (κ2) is 8.29. The van der Waals surface area contributed by atoms with Crippen LogP contribution in [-0.2, 0) is 16.0 Å². The van der Waals surface area contributed by atoms with Crippen LogP contribution in [-0.4, -0.2) is 54.4 Å². The zero-order valence-electron chi connectivity index (χ0n) is 14.4. The number of rotatable bonds is 5. The lowest BCUT2D eigenvalue weighted by Gasteiger charge is -2.30. The molecular weight excluding hydrogens is 337 g/mol. The van der Waals surface area contributed by atoms with E-state index in [9.17, 15) is 14.3 Å². The molecule has 1 aliphatic heterocycles. The Labute approximate surface area is 152 Å². The van der Waals surface area contributed by atoms with Crippen LogP contribution in [0, 0.1) is 5.82 Å². The third-order valence-electron chi connectivity index (χ3n) is 4.21. The van der Waals surface area contributed by atoms with Crippen molar-refractivity contribution in [2.75, 3.05) is 32.9 Å². The zero-order valence-corrected chi connectivity index (χ0v) is 14.4. The fraction of sp³-hybridized carbons (Fsp3) is 0.350. The summed E-state index contributed by atoms with van der Waals surface area (Å²) in [6, 6.07) is 15.1. The Morgan fingerprint density at radius 1 is 1.23 bits per heavy atom.